The highest BCUT2D eigenvalue weighted by molar-refractivity contribution is 5.71. The molecule has 0 saturated carbocycles. The third-order valence-corrected chi connectivity index (χ3v) is 13.3. The van der Waals surface area contributed by atoms with Crippen molar-refractivity contribution >= 4 is 17.9 Å². The highest BCUT2D eigenvalue weighted by atomic mass is 16.6. The lowest BCUT2D eigenvalue weighted by Crippen LogP contribution is -2.30. The molecule has 75 heavy (non-hydrogen) atoms. The monoisotopic (exact) mass is 1040 g/mol. The second-order valence-electron chi connectivity index (χ2n) is 20.6. The van der Waals surface area contributed by atoms with Gasteiger partial charge in [-0.05, 0) is 103 Å². The summed E-state index contributed by atoms with van der Waals surface area (Å²) in [5, 5.41) is 0. The largest absolute Gasteiger partial charge is 0.462 e. The first-order valence-corrected chi connectivity index (χ1v) is 31.4. The molecule has 0 amide bonds. The second-order valence-corrected chi connectivity index (χ2v) is 20.6. The van der Waals surface area contributed by atoms with Gasteiger partial charge in [-0.15, -0.1) is 0 Å². The van der Waals surface area contributed by atoms with Gasteiger partial charge >= 0.3 is 17.9 Å². The lowest BCUT2D eigenvalue weighted by Gasteiger charge is -2.18. The Kier molecular flexibility index (Phi) is 59.3. The van der Waals surface area contributed by atoms with Gasteiger partial charge in [0.25, 0.3) is 0 Å². The van der Waals surface area contributed by atoms with E-state index < -0.39 is 6.10 Å². The van der Waals surface area contributed by atoms with Crippen molar-refractivity contribution in [3.63, 3.8) is 0 Å². The Hall–Kier alpha value is -3.93. The Morgan fingerprint density at radius 2 is 0.533 bits per heavy atom. The summed E-state index contributed by atoms with van der Waals surface area (Å²) in [4.78, 5) is 38.3. The van der Waals surface area contributed by atoms with Gasteiger partial charge in [0, 0.05) is 19.3 Å². The van der Waals surface area contributed by atoms with Crippen LogP contribution in [0.15, 0.2) is 109 Å². The number of ether oxygens (including phenoxy) is 3. The molecule has 0 aromatic carbocycles. The number of hydrogen-bond donors (Lipinski definition) is 0. The molecule has 0 aliphatic rings. The summed E-state index contributed by atoms with van der Waals surface area (Å²) in [7, 11) is 0. The Morgan fingerprint density at radius 1 is 0.280 bits per heavy atom. The van der Waals surface area contributed by atoms with Gasteiger partial charge < -0.3 is 14.2 Å². The third-order valence-electron chi connectivity index (χ3n) is 13.3. The van der Waals surface area contributed by atoms with Crippen LogP contribution in [0.4, 0.5) is 0 Å². The molecule has 6 nitrogen and oxygen atoms in total. The highest BCUT2D eigenvalue weighted by Crippen LogP contribution is 2.16. The van der Waals surface area contributed by atoms with Gasteiger partial charge in [-0.1, -0.05) is 278 Å². The molecular formula is C69H116O6. The quantitative estimate of drug-likeness (QED) is 0.0261. The summed E-state index contributed by atoms with van der Waals surface area (Å²) >= 11 is 0. The molecule has 0 aliphatic carbocycles. The molecular weight excluding hydrogens is 925 g/mol. The van der Waals surface area contributed by atoms with E-state index in [-0.39, 0.29) is 37.5 Å². The predicted molar refractivity (Wildman–Crippen MR) is 325 cm³/mol. The van der Waals surface area contributed by atoms with Gasteiger partial charge in [0.1, 0.15) is 13.2 Å². The average Bonchev–Trinajstić information content (AvgIpc) is 3.41. The van der Waals surface area contributed by atoms with Crippen LogP contribution in [0.25, 0.3) is 0 Å². The minimum atomic E-state index is -0.816. The Bertz CT molecular complexity index is 1520. The summed E-state index contributed by atoms with van der Waals surface area (Å²) in [6.07, 6.45) is 85.2. The predicted octanol–water partition coefficient (Wildman–Crippen LogP) is 21.4. The number of esters is 3. The lowest BCUT2D eigenvalue weighted by molar-refractivity contribution is -0.167. The van der Waals surface area contributed by atoms with Crippen molar-refractivity contribution in [2.45, 2.75) is 297 Å². The first-order valence-electron chi connectivity index (χ1n) is 31.4. The van der Waals surface area contributed by atoms with Gasteiger partial charge in [-0.25, -0.2) is 0 Å². The van der Waals surface area contributed by atoms with Crippen molar-refractivity contribution in [1.82, 2.24) is 0 Å². The Balaban J connectivity index is 4.49. The van der Waals surface area contributed by atoms with Crippen LogP contribution in [0.1, 0.15) is 290 Å². The van der Waals surface area contributed by atoms with Crippen LogP contribution in [0.3, 0.4) is 0 Å². The molecule has 0 rings (SSSR count). The standard InChI is InChI=1S/C69H116O6/c1-4-7-10-13-16-19-22-25-28-31-33-34-36-39-42-45-48-51-54-57-60-63-69(72)75-66(64-73-67(70)61-58-55-52-49-46-43-40-37-30-27-24-21-18-15-12-9-6-3)65-74-68(71)62-59-56-53-50-47-44-41-38-35-32-29-26-23-20-17-14-11-8-5-2/h9,12,17-18,20-21,26-27,29-30,35,38,40,43-44,47,49,52,66H,4-8,10-11,13-16,19,22-25,28,31-34,36-37,39,41-42,45-46,48,50-51,53-65H2,1-3H3/b12-9-,20-17-,21-18-,29-26-,30-27-,38-35-,43-40-,47-44-,52-49-/t66-/m1/s1. The second kappa shape index (κ2) is 62.6. The van der Waals surface area contributed by atoms with Crippen molar-refractivity contribution in [2.24, 2.45) is 0 Å². The number of hydrogen-bond acceptors (Lipinski definition) is 6. The smallest absolute Gasteiger partial charge is 0.306 e. The third kappa shape index (κ3) is 60.8. The Morgan fingerprint density at radius 3 is 0.893 bits per heavy atom. The number of carbonyl (C=O) groups is 3. The molecule has 428 valence electrons. The number of rotatable bonds is 56. The summed E-state index contributed by atoms with van der Waals surface area (Å²) in [6.45, 7) is 6.45. The summed E-state index contributed by atoms with van der Waals surface area (Å²) in [6, 6.07) is 0. The maximum absolute atomic E-state index is 12.9. The van der Waals surface area contributed by atoms with Gasteiger partial charge in [-0.2, -0.15) is 0 Å². The van der Waals surface area contributed by atoms with E-state index in [1.54, 1.807) is 0 Å². The minimum Gasteiger partial charge on any atom is -0.462 e. The molecule has 0 N–H and O–H groups in total. The van der Waals surface area contributed by atoms with Crippen LogP contribution in [0.5, 0.6) is 0 Å². The van der Waals surface area contributed by atoms with E-state index in [9.17, 15) is 14.4 Å². The number of carbonyl (C=O) groups excluding carboxylic acids is 3. The normalized spacial score (nSPS) is 12.8. The van der Waals surface area contributed by atoms with Crippen LogP contribution < -0.4 is 0 Å². The van der Waals surface area contributed by atoms with Crippen LogP contribution in [0, 0.1) is 0 Å². The van der Waals surface area contributed by atoms with E-state index in [1.165, 1.54) is 141 Å². The molecule has 0 aromatic heterocycles. The summed E-state index contributed by atoms with van der Waals surface area (Å²) in [5.74, 6) is -0.991. The van der Waals surface area contributed by atoms with Gasteiger partial charge in [-0.3, -0.25) is 14.4 Å². The molecule has 0 fully saturated rings. The number of allylic oxidation sites excluding steroid dienone is 18. The van der Waals surface area contributed by atoms with Crippen LogP contribution in [-0.2, 0) is 28.6 Å². The van der Waals surface area contributed by atoms with Crippen molar-refractivity contribution in [1.29, 1.82) is 0 Å². The van der Waals surface area contributed by atoms with Crippen molar-refractivity contribution < 1.29 is 28.6 Å². The fourth-order valence-electron chi connectivity index (χ4n) is 8.58. The molecule has 0 radical (unpaired) electrons. The van der Waals surface area contributed by atoms with Crippen molar-refractivity contribution in [3.8, 4) is 0 Å². The lowest BCUT2D eigenvalue weighted by atomic mass is 10.0. The van der Waals surface area contributed by atoms with Crippen LogP contribution in [-0.4, -0.2) is 37.2 Å². The first-order chi connectivity index (χ1) is 37.0. The maximum Gasteiger partial charge on any atom is 0.306 e. The van der Waals surface area contributed by atoms with Gasteiger partial charge in [0.05, 0.1) is 0 Å². The van der Waals surface area contributed by atoms with Crippen LogP contribution >= 0.6 is 0 Å². The van der Waals surface area contributed by atoms with E-state index in [2.05, 4.69) is 130 Å². The number of unbranched alkanes of at least 4 members (excludes halogenated alkanes) is 27. The molecule has 0 bridgehead atoms. The zero-order valence-electron chi connectivity index (χ0n) is 49.0. The molecule has 0 saturated heterocycles. The van der Waals surface area contributed by atoms with Crippen molar-refractivity contribution in [2.75, 3.05) is 13.2 Å². The Labute approximate surface area is 463 Å². The van der Waals surface area contributed by atoms with E-state index in [0.29, 0.717) is 19.3 Å². The molecule has 0 unspecified atom stereocenters. The maximum atomic E-state index is 12.9. The molecule has 0 heterocycles. The molecule has 0 aromatic rings. The van der Waals surface area contributed by atoms with Gasteiger partial charge in [0.15, 0.2) is 6.10 Å². The molecule has 1 atom stereocenters. The summed E-state index contributed by atoms with van der Waals surface area (Å²) < 4.78 is 16.8. The van der Waals surface area contributed by atoms with E-state index >= 15 is 0 Å². The SMILES string of the molecule is CC/C=C\C/C=C\C/C=C\C/C=C\C/C=C\CCCC(=O)OC[C@H](COC(=O)CCCCC/C=C\C/C=C\C/C=C\C/C=C\CCCCC)OC(=O)CCCCCCCCCCCCCCCCCCCCCCC. The summed E-state index contributed by atoms with van der Waals surface area (Å²) in [5.41, 5.74) is 0. The van der Waals surface area contributed by atoms with E-state index in [4.69, 9.17) is 14.2 Å². The fraction of sp³-hybridized carbons (Fsp3) is 0.696. The fourth-order valence-corrected chi connectivity index (χ4v) is 8.58. The van der Waals surface area contributed by atoms with Crippen LogP contribution in [0.2, 0.25) is 0 Å². The zero-order chi connectivity index (χ0) is 54.3. The molecule has 0 aliphatic heterocycles. The van der Waals surface area contributed by atoms with Gasteiger partial charge in [0.2, 0.25) is 0 Å². The first kappa shape index (κ1) is 71.1. The van der Waals surface area contributed by atoms with E-state index in [1.807, 2.05) is 0 Å². The van der Waals surface area contributed by atoms with E-state index in [0.717, 1.165) is 103 Å². The van der Waals surface area contributed by atoms with Crippen molar-refractivity contribution in [3.05, 3.63) is 109 Å². The zero-order valence-corrected chi connectivity index (χ0v) is 49.0. The minimum absolute atomic E-state index is 0.112. The average molecular weight is 1040 g/mol. The molecule has 0 spiro atoms. The highest BCUT2D eigenvalue weighted by Gasteiger charge is 2.19. The molecule has 6 heteroatoms. The topological polar surface area (TPSA) is 78.9 Å².